The second kappa shape index (κ2) is 1.85. The van der Waals surface area contributed by atoms with E-state index >= 15 is 0 Å². The van der Waals surface area contributed by atoms with Gasteiger partial charge in [-0.05, 0) is 24.5 Å². The molecule has 0 saturated carbocycles. The zero-order valence-corrected chi connectivity index (χ0v) is 6.46. The highest BCUT2D eigenvalue weighted by atomic mass is 14.4. The van der Waals surface area contributed by atoms with Crippen molar-refractivity contribution in [3.05, 3.63) is 35.4 Å². The van der Waals surface area contributed by atoms with Crippen LogP contribution in [0.1, 0.15) is 18.1 Å². The zero-order valence-electron chi connectivity index (χ0n) is 6.46. The second-order valence-electron chi connectivity index (χ2n) is 3.28. The molecule has 0 fully saturated rings. The molecule has 0 aromatic heterocycles. The Balaban J connectivity index is 2.53. The van der Waals surface area contributed by atoms with Gasteiger partial charge in [-0.3, -0.25) is 0 Å². The minimum absolute atomic E-state index is 0.198. The largest absolute Gasteiger partial charge is 0.197 e. The average molecular weight is 143 g/mol. The molecule has 0 amide bonds. The van der Waals surface area contributed by atoms with Crippen LogP contribution in [0.4, 0.5) is 0 Å². The van der Waals surface area contributed by atoms with Gasteiger partial charge in [0.05, 0.1) is 11.5 Å². The fourth-order valence-electron chi connectivity index (χ4n) is 1.68. The maximum atomic E-state index is 8.84. The average Bonchev–Trinajstić information content (AvgIpc) is 2.02. The summed E-state index contributed by atoms with van der Waals surface area (Å²) in [5, 5.41) is 8.84. The van der Waals surface area contributed by atoms with Crippen LogP contribution in [-0.4, -0.2) is 0 Å². The van der Waals surface area contributed by atoms with Crippen molar-refractivity contribution in [1.29, 1.82) is 5.26 Å². The summed E-state index contributed by atoms with van der Waals surface area (Å²) in [5.74, 6) is 0. The van der Waals surface area contributed by atoms with Crippen LogP contribution in [0.15, 0.2) is 24.3 Å². The number of nitrogens with zero attached hydrogens (tertiary/aromatic N) is 1. The molecule has 0 heterocycles. The standard InChI is InChI=1S/C10H9N/c1-10(7-11)6-8-4-2-3-5-9(8)10/h2-5H,6H2,1H3. The Kier molecular flexibility index (Phi) is 1.08. The van der Waals surface area contributed by atoms with E-state index in [-0.39, 0.29) is 5.41 Å². The Hall–Kier alpha value is -1.29. The topological polar surface area (TPSA) is 23.8 Å². The van der Waals surface area contributed by atoms with E-state index in [0.717, 1.165) is 6.42 Å². The maximum Gasteiger partial charge on any atom is 0.0837 e. The first-order chi connectivity index (χ1) is 5.26. The van der Waals surface area contributed by atoms with Gasteiger partial charge in [-0.1, -0.05) is 24.3 Å². The van der Waals surface area contributed by atoms with Gasteiger partial charge in [-0.15, -0.1) is 0 Å². The molecule has 1 aliphatic rings. The van der Waals surface area contributed by atoms with E-state index in [0.29, 0.717) is 0 Å². The summed E-state index contributed by atoms with van der Waals surface area (Å²) in [6.07, 6.45) is 0.916. The molecule has 0 saturated heterocycles. The predicted molar refractivity (Wildman–Crippen MR) is 43.1 cm³/mol. The lowest BCUT2D eigenvalue weighted by atomic mass is 9.66. The monoisotopic (exact) mass is 143 g/mol. The van der Waals surface area contributed by atoms with Gasteiger partial charge < -0.3 is 0 Å². The first-order valence-electron chi connectivity index (χ1n) is 3.76. The van der Waals surface area contributed by atoms with Gasteiger partial charge in [0.15, 0.2) is 0 Å². The van der Waals surface area contributed by atoms with E-state index in [1.165, 1.54) is 11.1 Å². The van der Waals surface area contributed by atoms with Crippen molar-refractivity contribution in [2.75, 3.05) is 0 Å². The molecule has 1 unspecified atom stereocenters. The van der Waals surface area contributed by atoms with Crippen LogP contribution in [0.5, 0.6) is 0 Å². The highest BCUT2D eigenvalue weighted by Gasteiger charge is 2.37. The van der Waals surface area contributed by atoms with Gasteiger partial charge >= 0.3 is 0 Å². The molecule has 1 nitrogen and oxygen atoms in total. The molecule has 1 aliphatic carbocycles. The molecular weight excluding hydrogens is 134 g/mol. The summed E-state index contributed by atoms with van der Waals surface area (Å²) in [7, 11) is 0. The molecule has 0 N–H and O–H groups in total. The molecule has 1 atom stereocenters. The lowest BCUT2D eigenvalue weighted by Crippen LogP contribution is -2.33. The van der Waals surface area contributed by atoms with Crippen LogP contribution in [0.2, 0.25) is 0 Å². The molecule has 1 aromatic rings. The van der Waals surface area contributed by atoms with E-state index in [2.05, 4.69) is 12.1 Å². The highest BCUT2D eigenvalue weighted by Crippen LogP contribution is 2.39. The summed E-state index contributed by atoms with van der Waals surface area (Å²) >= 11 is 0. The number of hydrogen-bond donors (Lipinski definition) is 0. The molecule has 0 spiro atoms. The summed E-state index contributed by atoms with van der Waals surface area (Å²) < 4.78 is 0. The van der Waals surface area contributed by atoms with E-state index < -0.39 is 0 Å². The van der Waals surface area contributed by atoms with E-state index in [1.54, 1.807) is 0 Å². The Morgan fingerprint density at radius 3 is 2.82 bits per heavy atom. The molecule has 2 rings (SSSR count). The van der Waals surface area contributed by atoms with Crippen LogP contribution in [0.3, 0.4) is 0 Å². The summed E-state index contributed by atoms with van der Waals surface area (Å²) in [6.45, 7) is 2.00. The Labute approximate surface area is 66.3 Å². The van der Waals surface area contributed by atoms with E-state index in [1.807, 2.05) is 25.1 Å². The zero-order chi connectivity index (χ0) is 7.90. The van der Waals surface area contributed by atoms with Crippen molar-refractivity contribution < 1.29 is 0 Å². The van der Waals surface area contributed by atoms with Crippen LogP contribution < -0.4 is 0 Å². The SMILES string of the molecule is CC1(C#N)Cc2ccccc21. The highest BCUT2D eigenvalue weighted by molar-refractivity contribution is 5.48. The van der Waals surface area contributed by atoms with Gasteiger partial charge in [-0.2, -0.15) is 5.26 Å². The first kappa shape index (κ1) is 6.42. The molecule has 11 heavy (non-hydrogen) atoms. The van der Waals surface area contributed by atoms with Gasteiger partial charge in [0.25, 0.3) is 0 Å². The fraction of sp³-hybridized carbons (Fsp3) is 0.300. The fourth-order valence-corrected chi connectivity index (χ4v) is 1.68. The second-order valence-corrected chi connectivity index (χ2v) is 3.28. The molecular formula is C10H9N. The molecule has 1 heteroatoms. The number of hydrogen-bond acceptors (Lipinski definition) is 1. The van der Waals surface area contributed by atoms with E-state index in [4.69, 9.17) is 5.26 Å². The molecule has 0 radical (unpaired) electrons. The minimum atomic E-state index is -0.198. The van der Waals surface area contributed by atoms with Gasteiger partial charge in [0.1, 0.15) is 0 Å². The quantitative estimate of drug-likeness (QED) is 0.545. The Morgan fingerprint density at radius 2 is 2.18 bits per heavy atom. The minimum Gasteiger partial charge on any atom is -0.197 e. The Bertz CT molecular complexity index is 335. The van der Waals surface area contributed by atoms with Crippen molar-refractivity contribution in [3.8, 4) is 6.07 Å². The van der Waals surface area contributed by atoms with Gasteiger partial charge in [-0.25, -0.2) is 0 Å². The summed E-state index contributed by atoms with van der Waals surface area (Å²) in [4.78, 5) is 0. The van der Waals surface area contributed by atoms with Crippen LogP contribution >= 0.6 is 0 Å². The Morgan fingerprint density at radius 1 is 1.45 bits per heavy atom. The molecule has 1 aromatic carbocycles. The van der Waals surface area contributed by atoms with Crippen molar-refractivity contribution >= 4 is 0 Å². The lowest BCUT2D eigenvalue weighted by Gasteiger charge is -2.34. The van der Waals surface area contributed by atoms with Gasteiger partial charge in [0.2, 0.25) is 0 Å². The maximum absolute atomic E-state index is 8.84. The summed E-state index contributed by atoms with van der Waals surface area (Å²) in [6, 6.07) is 10.5. The van der Waals surface area contributed by atoms with Crippen LogP contribution in [0.25, 0.3) is 0 Å². The molecule has 54 valence electrons. The molecule has 0 bridgehead atoms. The predicted octanol–water partition coefficient (Wildman–Crippen LogP) is 2.02. The number of rotatable bonds is 0. The third kappa shape index (κ3) is 0.698. The number of benzene rings is 1. The van der Waals surface area contributed by atoms with Crippen molar-refractivity contribution in [2.45, 2.75) is 18.8 Å². The van der Waals surface area contributed by atoms with Crippen LogP contribution in [0, 0.1) is 11.3 Å². The molecule has 0 aliphatic heterocycles. The number of fused-ring (bicyclic) bond motifs is 1. The first-order valence-corrected chi connectivity index (χ1v) is 3.76. The smallest absolute Gasteiger partial charge is 0.0837 e. The van der Waals surface area contributed by atoms with Crippen molar-refractivity contribution in [1.82, 2.24) is 0 Å². The third-order valence-corrected chi connectivity index (χ3v) is 2.40. The van der Waals surface area contributed by atoms with Crippen LogP contribution in [-0.2, 0) is 11.8 Å². The number of nitriles is 1. The normalized spacial score (nSPS) is 26.5. The van der Waals surface area contributed by atoms with Crippen molar-refractivity contribution in [2.24, 2.45) is 0 Å². The van der Waals surface area contributed by atoms with Crippen molar-refractivity contribution in [3.63, 3.8) is 0 Å². The lowest BCUT2D eigenvalue weighted by molar-refractivity contribution is 0.530. The summed E-state index contributed by atoms with van der Waals surface area (Å²) in [5.41, 5.74) is 2.34. The third-order valence-electron chi connectivity index (χ3n) is 2.40. The van der Waals surface area contributed by atoms with Gasteiger partial charge in [0, 0.05) is 0 Å². The van der Waals surface area contributed by atoms with E-state index in [9.17, 15) is 0 Å².